The van der Waals surface area contributed by atoms with Crippen LogP contribution in [0.3, 0.4) is 0 Å². The summed E-state index contributed by atoms with van der Waals surface area (Å²) in [5, 5.41) is 4.63. The summed E-state index contributed by atoms with van der Waals surface area (Å²) >= 11 is 0. The lowest BCUT2D eigenvalue weighted by molar-refractivity contribution is 0.156. The van der Waals surface area contributed by atoms with Gasteiger partial charge in [0.15, 0.2) is 23.1 Å². The lowest BCUT2D eigenvalue weighted by Gasteiger charge is -2.13. The van der Waals surface area contributed by atoms with E-state index in [1.807, 2.05) is 30.3 Å². The Morgan fingerprint density at radius 1 is 1.11 bits per heavy atom. The molecule has 5 rings (SSSR count). The van der Waals surface area contributed by atoms with Gasteiger partial charge in [-0.15, -0.1) is 5.10 Å². The highest BCUT2D eigenvalue weighted by Crippen LogP contribution is 2.34. The highest BCUT2D eigenvalue weighted by atomic mass is 16.7. The number of ether oxygens (including phenoxy) is 3. The maximum atomic E-state index is 11.9. The van der Waals surface area contributed by atoms with Crippen LogP contribution in [0.25, 0.3) is 17.1 Å². The quantitative estimate of drug-likeness (QED) is 0.698. The number of benzene rings is 1. The molecule has 0 atom stereocenters. The van der Waals surface area contributed by atoms with Crippen molar-refractivity contribution in [1.82, 2.24) is 24.6 Å². The van der Waals surface area contributed by atoms with Gasteiger partial charge < -0.3 is 14.2 Å². The molecule has 2 aliphatic rings. The normalized spacial score (nSPS) is 15.3. The van der Waals surface area contributed by atoms with E-state index in [2.05, 4.69) is 15.1 Å². The molecule has 0 saturated carbocycles. The summed E-state index contributed by atoms with van der Waals surface area (Å²) in [6.07, 6.45) is 3.05. The van der Waals surface area contributed by atoms with Gasteiger partial charge in [0, 0.05) is 24.0 Å². The van der Waals surface area contributed by atoms with Crippen molar-refractivity contribution in [3.63, 3.8) is 0 Å². The SMILES string of the molecule is O=C1OCCN1Cc1nc(-c2cccnc2)nn1-c1ccc2c(c1)OCO2. The Kier molecular flexibility index (Phi) is 3.63. The zero-order chi connectivity index (χ0) is 18.2. The van der Waals surface area contributed by atoms with Crippen LogP contribution in [-0.2, 0) is 11.3 Å². The van der Waals surface area contributed by atoms with Gasteiger partial charge in [0.25, 0.3) is 0 Å². The highest BCUT2D eigenvalue weighted by Gasteiger charge is 2.26. The van der Waals surface area contributed by atoms with Gasteiger partial charge in [-0.05, 0) is 24.3 Å². The van der Waals surface area contributed by atoms with Crippen molar-refractivity contribution in [2.45, 2.75) is 6.54 Å². The van der Waals surface area contributed by atoms with Gasteiger partial charge in [-0.2, -0.15) is 0 Å². The fraction of sp³-hybridized carbons (Fsp3) is 0.222. The molecule has 0 bridgehead atoms. The molecule has 3 aromatic rings. The van der Waals surface area contributed by atoms with Gasteiger partial charge in [-0.25, -0.2) is 14.5 Å². The Bertz CT molecular complexity index is 1000. The monoisotopic (exact) mass is 365 g/mol. The van der Waals surface area contributed by atoms with E-state index in [9.17, 15) is 4.79 Å². The molecular formula is C18H15N5O4. The van der Waals surface area contributed by atoms with Crippen molar-refractivity contribution >= 4 is 6.09 Å². The summed E-state index contributed by atoms with van der Waals surface area (Å²) in [4.78, 5) is 22.2. The smallest absolute Gasteiger partial charge is 0.410 e. The van der Waals surface area contributed by atoms with E-state index in [-0.39, 0.29) is 12.9 Å². The first kappa shape index (κ1) is 15.6. The number of carbonyl (C=O) groups is 1. The van der Waals surface area contributed by atoms with E-state index in [4.69, 9.17) is 14.2 Å². The third-order valence-electron chi connectivity index (χ3n) is 4.37. The molecule has 27 heavy (non-hydrogen) atoms. The number of rotatable bonds is 4. The Labute approximate surface area is 154 Å². The van der Waals surface area contributed by atoms with Crippen LogP contribution in [0.4, 0.5) is 4.79 Å². The molecule has 0 unspecified atom stereocenters. The Morgan fingerprint density at radius 2 is 2.04 bits per heavy atom. The van der Waals surface area contributed by atoms with Crippen LogP contribution in [0.2, 0.25) is 0 Å². The Morgan fingerprint density at radius 3 is 2.85 bits per heavy atom. The molecule has 0 radical (unpaired) electrons. The third-order valence-corrected chi connectivity index (χ3v) is 4.37. The predicted octanol–water partition coefficient (Wildman–Crippen LogP) is 2.01. The fourth-order valence-corrected chi connectivity index (χ4v) is 3.03. The molecule has 9 heteroatoms. The minimum Gasteiger partial charge on any atom is -0.454 e. The van der Waals surface area contributed by atoms with Crippen molar-refractivity contribution in [1.29, 1.82) is 0 Å². The average molecular weight is 365 g/mol. The topological polar surface area (TPSA) is 91.6 Å². The van der Waals surface area contributed by atoms with Gasteiger partial charge in [0.1, 0.15) is 6.61 Å². The molecule has 4 heterocycles. The van der Waals surface area contributed by atoms with Gasteiger partial charge in [0.2, 0.25) is 6.79 Å². The number of cyclic esters (lactones) is 1. The van der Waals surface area contributed by atoms with Crippen molar-refractivity contribution in [3.8, 4) is 28.6 Å². The standard InChI is InChI=1S/C18H15N5O4/c24-18-22(6-7-25-18)10-16-20-17(12-2-1-5-19-9-12)21-23(16)13-3-4-14-15(8-13)27-11-26-14/h1-5,8-9H,6-7,10-11H2. The van der Waals surface area contributed by atoms with Gasteiger partial charge in [0.05, 0.1) is 18.8 Å². The molecule has 1 aromatic carbocycles. The summed E-state index contributed by atoms with van der Waals surface area (Å²) in [5.41, 5.74) is 1.56. The van der Waals surface area contributed by atoms with E-state index >= 15 is 0 Å². The minimum atomic E-state index is -0.349. The lowest BCUT2D eigenvalue weighted by Crippen LogP contribution is -2.25. The number of aromatic nitrogens is 4. The first-order valence-corrected chi connectivity index (χ1v) is 8.46. The average Bonchev–Trinajstić information content (AvgIpc) is 3.42. The highest BCUT2D eigenvalue weighted by molar-refractivity contribution is 5.69. The zero-order valence-corrected chi connectivity index (χ0v) is 14.2. The van der Waals surface area contributed by atoms with Crippen molar-refractivity contribution in [2.24, 2.45) is 0 Å². The second-order valence-corrected chi connectivity index (χ2v) is 6.08. The van der Waals surface area contributed by atoms with E-state index in [1.165, 1.54) is 0 Å². The first-order chi connectivity index (χ1) is 13.3. The second kappa shape index (κ2) is 6.27. The zero-order valence-electron chi connectivity index (χ0n) is 14.2. The number of amides is 1. The van der Waals surface area contributed by atoms with Gasteiger partial charge >= 0.3 is 6.09 Å². The van der Waals surface area contributed by atoms with Crippen molar-refractivity contribution in [2.75, 3.05) is 19.9 Å². The van der Waals surface area contributed by atoms with E-state index in [0.717, 1.165) is 11.3 Å². The van der Waals surface area contributed by atoms with Gasteiger partial charge in [-0.1, -0.05) is 0 Å². The van der Waals surface area contributed by atoms with Crippen LogP contribution >= 0.6 is 0 Å². The van der Waals surface area contributed by atoms with Crippen molar-refractivity contribution in [3.05, 3.63) is 48.5 Å². The molecule has 0 N–H and O–H groups in total. The second-order valence-electron chi connectivity index (χ2n) is 6.08. The summed E-state index contributed by atoms with van der Waals surface area (Å²) in [6, 6.07) is 9.27. The molecule has 2 aromatic heterocycles. The predicted molar refractivity (Wildman–Crippen MR) is 92.5 cm³/mol. The molecule has 1 saturated heterocycles. The number of fused-ring (bicyclic) bond motifs is 1. The molecule has 0 spiro atoms. The Balaban J connectivity index is 1.57. The largest absolute Gasteiger partial charge is 0.454 e. The van der Waals surface area contributed by atoms with E-state index in [1.54, 1.807) is 22.0 Å². The molecule has 2 aliphatic heterocycles. The fourth-order valence-electron chi connectivity index (χ4n) is 3.03. The summed E-state index contributed by atoms with van der Waals surface area (Å²) < 4.78 is 17.6. The maximum absolute atomic E-state index is 11.9. The molecule has 1 amide bonds. The van der Waals surface area contributed by atoms with Crippen LogP contribution in [0.15, 0.2) is 42.7 Å². The third kappa shape index (κ3) is 2.82. The first-order valence-electron chi connectivity index (χ1n) is 8.46. The number of carbonyl (C=O) groups excluding carboxylic acids is 1. The lowest BCUT2D eigenvalue weighted by atomic mass is 10.3. The van der Waals surface area contributed by atoms with E-state index < -0.39 is 0 Å². The van der Waals surface area contributed by atoms with Crippen molar-refractivity contribution < 1.29 is 19.0 Å². The molecule has 9 nitrogen and oxygen atoms in total. The number of pyridine rings is 1. The van der Waals surface area contributed by atoms with Crippen LogP contribution in [0.1, 0.15) is 5.82 Å². The molecule has 1 fully saturated rings. The van der Waals surface area contributed by atoms with Crippen LogP contribution in [0, 0.1) is 0 Å². The number of nitrogens with zero attached hydrogens (tertiary/aromatic N) is 5. The molecular weight excluding hydrogens is 350 g/mol. The summed E-state index contributed by atoms with van der Waals surface area (Å²) in [7, 11) is 0. The number of hydrogen-bond acceptors (Lipinski definition) is 7. The van der Waals surface area contributed by atoms with Gasteiger partial charge in [-0.3, -0.25) is 9.88 Å². The summed E-state index contributed by atoms with van der Waals surface area (Å²) in [5.74, 6) is 2.49. The van der Waals surface area contributed by atoms with Crippen LogP contribution in [-0.4, -0.2) is 50.7 Å². The summed E-state index contributed by atoms with van der Waals surface area (Å²) in [6.45, 7) is 1.39. The molecule has 136 valence electrons. The maximum Gasteiger partial charge on any atom is 0.410 e. The van der Waals surface area contributed by atoms with Crippen LogP contribution in [0.5, 0.6) is 11.5 Å². The Hall–Kier alpha value is -3.62. The van der Waals surface area contributed by atoms with Crippen LogP contribution < -0.4 is 9.47 Å². The minimum absolute atomic E-state index is 0.198. The number of hydrogen-bond donors (Lipinski definition) is 0. The molecule has 0 aliphatic carbocycles. The van der Waals surface area contributed by atoms with E-state index in [0.29, 0.717) is 42.8 Å².